The molecule has 0 fully saturated rings. The second-order valence-electron chi connectivity index (χ2n) is 3.35. The first-order valence-electron chi connectivity index (χ1n) is 3.94. The van der Waals surface area contributed by atoms with Gasteiger partial charge in [-0.1, -0.05) is 13.8 Å². The van der Waals surface area contributed by atoms with Crippen molar-refractivity contribution in [1.82, 2.24) is 4.57 Å². The zero-order chi connectivity index (χ0) is 7.14. The third-order valence-corrected chi connectivity index (χ3v) is 2.67. The predicted molar refractivity (Wildman–Crippen MR) is 42.0 cm³/mol. The minimum absolute atomic E-state index is 0.759. The highest BCUT2D eigenvalue weighted by Crippen LogP contribution is 2.32. The molecule has 1 heteroatoms. The normalized spacial score (nSPS) is 30.6. The van der Waals surface area contributed by atoms with Crippen molar-refractivity contribution in [3.05, 3.63) is 24.0 Å². The first-order valence-corrected chi connectivity index (χ1v) is 3.94. The maximum absolute atomic E-state index is 2.36. The summed E-state index contributed by atoms with van der Waals surface area (Å²) in [6.45, 7) is 5.84. The highest BCUT2D eigenvalue weighted by atomic mass is 15.0. The number of aromatic nitrogens is 1. The van der Waals surface area contributed by atoms with Crippen LogP contribution in [-0.4, -0.2) is 4.57 Å². The van der Waals surface area contributed by atoms with Gasteiger partial charge < -0.3 is 4.57 Å². The summed E-state index contributed by atoms with van der Waals surface area (Å²) >= 11 is 0. The Morgan fingerprint density at radius 3 is 3.00 bits per heavy atom. The molecule has 1 aliphatic rings. The van der Waals surface area contributed by atoms with E-state index in [1.54, 1.807) is 0 Å². The predicted octanol–water partition coefficient (Wildman–Crippen LogP) is 2.24. The van der Waals surface area contributed by atoms with Gasteiger partial charge in [-0.3, -0.25) is 0 Å². The van der Waals surface area contributed by atoms with Crippen LogP contribution in [0.2, 0.25) is 0 Å². The molecule has 0 unspecified atom stereocenters. The Morgan fingerprint density at radius 2 is 2.30 bits per heavy atom. The third-order valence-electron chi connectivity index (χ3n) is 2.67. The van der Waals surface area contributed by atoms with Gasteiger partial charge in [-0.05, 0) is 18.1 Å². The van der Waals surface area contributed by atoms with E-state index in [9.17, 15) is 0 Å². The van der Waals surface area contributed by atoms with Crippen molar-refractivity contribution in [2.45, 2.75) is 26.3 Å². The SMILES string of the molecule is C[C@@H]1Cn2cccc2[C@@H]1C. The van der Waals surface area contributed by atoms with Crippen LogP contribution in [0.3, 0.4) is 0 Å². The van der Waals surface area contributed by atoms with Crippen molar-refractivity contribution >= 4 is 0 Å². The van der Waals surface area contributed by atoms with Gasteiger partial charge in [0.1, 0.15) is 0 Å². The van der Waals surface area contributed by atoms with Crippen LogP contribution >= 0.6 is 0 Å². The van der Waals surface area contributed by atoms with Crippen LogP contribution < -0.4 is 0 Å². The zero-order valence-electron chi connectivity index (χ0n) is 6.54. The molecule has 0 radical (unpaired) electrons. The second-order valence-corrected chi connectivity index (χ2v) is 3.35. The van der Waals surface area contributed by atoms with Gasteiger partial charge in [-0.15, -0.1) is 0 Å². The van der Waals surface area contributed by atoms with E-state index in [-0.39, 0.29) is 0 Å². The molecule has 0 N–H and O–H groups in total. The summed E-state index contributed by atoms with van der Waals surface area (Å²) in [7, 11) is 0. The van der Waals surface area contributed by atoms with Crippen molar-refractivity contribution < 1.29 is 0 Å². The summed E-state index contributed by atoms with van der Waals surface area (Å²) in [5, 5.41) is 0. The van der Waals surface area contributed by atoms with E-state index in [4.69, 9.17) is 0 Å². The zero-order valence-corrected chi connectivity index (χ0v) is 6.54. The van der Waals surface area contributed by atoms with Crippen molar-refractivity contribution in [3.8, 4) is 0 Å². The van der Waals surface area contributed by atoms with Gasteiger partial charge in [-0.25, -0.2) is 0 Å². The molecule has 0 bridgehead atoms. The minimum atomic E-state index is 0.759. The lowest BCUT2D eigenvalue weighted by molar-refractivity contribution is 0.501. The van der Waals surface area contributed by atoms with Gasteiger partial charge in [0.25, 0.3) is 0 Å². The summed E-state index contributed by atoms with van der Waals surface area (Å²) in [6.07, 6.45) is 2.18. The largest absolute Gasteiger partial charge is 0.351 e. The van der Waals surface area contributed by atoms with Crippen LogP contribution in [0.25, 0.3) is 0 Å². The van der Waals surface area contributed by atoms with Gasteiger partial charge in [0, 0.05) is 24.4 Å². The lowest BCUT2D eigenvalue weighted by Crippen LogP contribution is -1.98. The molecule has 10 heavy (non-hydrogen) atoms. The van der Waals surface area contributed by atoms with Crippen LogP contribution in [-0.2, 0) is 6.54 Å². The van der Waals surface area contributed by atoms with Crippen molar-refractivity contribution in [1.29, 1.82) is 0 Å². The van der Waals surface area contributed by atoms with Crippen LogP contribution in [0, 0.1) is 5.92 Å². The quantitative estimate of drug-likeness (QED) is 0.514. The highest BCUT2D eigenvalue weighted by Gasteiger charge is 2.24. The molecule has 1 aromatic heterocycles. The van der Waals surface area contributed by atoms with E-state index in [1.807, 2.05) is 0 Å². The van der Waals surface area contributed by atoms with Gasteiger partial charge in [0.05, 0.1) is 0 Å². The fourth-order valence-corrected chi connectivity index (χ4v) is 1.77. The molecule has 54 valence electrons. The van der Waals surface area contributed by atoms with E-state index in [1.165, 1.54) is 12.2 Å². The van der Waals surface area contributed by atoms with Gasteiger partial charge >= 0.3 is 0 Å². The van der Waals surface area contributed by atoms with Crippen molar-refractivity contribution in [2.24, 2.45) is 5.92 Å². The number of nitrogens with zero attached hydrogens (tertiary/aromatic N) is 1. The number of fused-ring (bicyclic) bond motifs is 1. The Morgan fingerprint density at radius 1 is 1.50 bits per heavy atom. The van der Waals surface area contributed by atoms with E-state index >= 15 is 0 Å². The standard InChI is InChI=1S/C9H13N/c1-7-6-10-5-3-4-9(10)8(7)2/h3-5,7-8H,6H2,1-2H3/t7-,8-/m1/s1. The summed E-state index contributed by atoms with van der Waals surface area (Å²) in [4.78, 5) is 0. The Kier molecular flexibility index (Phi) is 1.13. The molecule has 1 aliphatic heterocycles. The monoisotopic (exact) mass is 135 g/mol. The first-order chi connectivity index (χ1) is 4.79. The maximum atomic E-state index is 2.36. The Bertz CT molecular complexity index is 237. The lowest BCUT2D eigenvalue weighted by atomic mass is 9.97. The van der Waals surface area contributed by atoms with Crippen LogP contribution in [0.5, 0.6) is 0 Å². The third kappa shape index (κ3) is 0.634. The van der Waals surface area contributed by atoms with Crippen molar-refractivity contribution in [3.63, 3.8) is 0 Å². The fourth-order valence-electron chi connectivity index (χ4n) is 1.77. The molecule has 0 aliphatic carbocycles. The molecular weight excluding hydrogens is 122 g/mol. The molecule has 1 nitrogen and oxygen atoms in total. The molecule has 0 amide bonds. The molecule has 1 aromatic rings. The van der Waals surface area contributed by atoms with Crippen molar-refractivity contribution in [2.75, 3.05) is 0 Å². The molecular formula is C9H13N. The van der Waals surface area contributed by atoms with Crippen LogP contribution in [0.4, 0.5) is 0 Å². The Labute approximate surface area is 61.7 Å². The minimum Gasteiger partial charge on any atom is -0.351 e. The molecule has 2 atom stereocenters. The fraction of sp³-hybridized carbons (Fsp3) is 0.556. The van der Waals surface area contributed by atoms with E-state index in [2.05, 4.69) is 36.7 Å². The smallest absolute Gasteiger partial charge is 0.0254 e. The van der Waals surface area contributed by atoms with Crippen LogP contribution in [0.1, 0.15) is 25.5 Å². The molecule has 0 aromatic carbocycles. The van der Waals surface area contributed by atoms with E-state index in [0.717, 1.165) is 11.8 Å². The number of hydrogen-bond acceptors (Lipinski definition) is 0. The van der Waals surface area contributed by atoms with Crippen LogP contribution in [0.15, 0.2) is 18.3 Å². The second kappa shape index (κ2) is 1.88. The van der Waals surface area contributed by atoms with Gasteiger partial charge in [0.15, 0.2) is 0 Å². The Balaban J connectivity index is 2.43. The summed E-state index contributed by atoms with van der Waals surface area (Å²) in [5.41, 5.74) is 1.51. The molecule has 2 heterocycles. The van der Waals surface area contributed by atoms with Gasteiger partial charge in [-0.2, -0.15) is 0 Å². The average Bonchev–Trinajstić information content (AvgIpc) is 2.41. The maximum Gasteiger partial charge on any atom is 0.0254 e. The number of rotatable bonds is 0. The molecule has 2 rings (SSSR count). The van der Waals surface area contributed by atoms with E-state index in [0.29, 0.717) is 0 Å². The Hall–Kier alpha value is -0.720. The number of hydrogen-bond donors (Lipinski definition) is 0. The summed E-state index contributed by atoms with van der Waals surface area (Å²) < 4.78 is 2.36. The topological polar surface area (TPSA) is 4.93 Å². The van der Waals surface area contributed by atoms with E-state index < -0.39 is 0 Å². The molecule has 0 saturated carbocycles. The summed E-state index contributed by atoms with van der Waals surface area (Å²) in [5.74, 6) is 1.59. The molecule has 0 spiro atoms. The lowest BCUT2D eigenvalue weighted by Gasteiger charge is -2.05. The summed E-state index contributed by atoms with van der Waals surface area (Å²) in [6, 6.07) is 4.37. The average molecular weight is 135 g/mol. The van der Waals surface area contributed by atoms with Gasteiger partial charge in [0.2, 0.25) is 0 Å². The first kappa shape index (κ1) is 6.02. The molecule has 0 saturated heterocycles. The highest BCUT2D eigenvalue weighted by molar-refractivity contribution is 5.16.